The first-order chi connectivity index (χ1) is 7.63. The highest BCUT2D eigenvalue weighted by Gasteiger charge is 2.26. The molecule has 2 rings (SSSR count). The Bertz CT molecular complexity index is 411. The van der Waals surface area contributed by atoms with Gasteiger partial charge in [-0.25, -0.2) is 0 Å². The van der Waals surface area contributed by atoms with E-state index < -0.39 is 0 Å². The van der Waals surface area contributed by atoms with Gasteiger partial charge in [-0.2, -0.15) is 0 Å². The van der Waals surface area contributed by atoms with Crippen molar-refractivity contribution in [2.45, 2.75) is 39.7 Å². The van der Waals surface area contributed by atoms with Gasteiger partial charge < -0.3 is 4.90 Å². The van der Waals surface area contributed by atoms with Gasteiger partial charge in [0.2, 0.25) is 0 Å². The Kier molecular flexibility index (Phi) is 2.99. The second-order valence-electron chi connectivity index (χ2n) is 4.63. The number of likely N-dealkylation sites (N-methyl/N-ethyl adjacent to an activating group) is 1. The van der Waals surface area contributed by atoms with Gasteiger partial charge in [0.05, 0.1) is 0 Å². The number of carbonyl (C=O) groups excluding carboxylic acids is 1. The molecule has 1 aliphatic heterocycles. The zero-order chi connectivity index (χ0) is 11.7. The van der Waals surface area contributed by atoms with Gasteiger partial charge in [-0.05, 0) is 44.4 Å². The summed E-state index contributed by atoms with van der Waals surface area (Å²) in [7, 11) is 0. The fraction of sp³-hybridized carbons (Fsp3) is 0.500. The lowest BCUT2D eigenvalue weighted by Crippen LogP contribution is -2.28. The van der Waals surface area contributed by atoms with E-state index in [1.54, 1.807) is 6.92 Å². The number of ketones is 1. The van der Waals surface area contributed by atoms with Crippen molar-refractivity contribution in [2.24, 2.45) is 0 Å². The number of Topliss-reactive ketones (excluding diaryl/α,β-unsaturated/α-hetero) is 1. The van der Waals surface area contributed by atoms with Crippen LogP contribution in [0.4, 0.5) is 5.69 Å². The maximum Gasteiger partial charge on any atom is 0.134 e. The van der Waals surface area contributed by atoms with E-state index in [0.29, 0.717) is 12.5 Å². The number of hydrogen-bond acceptors (Lipinski definition) is 2. The van der Waals surface area contributed by atoms with Crippen LogP contribution in [0.3, 0.4) is 0 Å². The van der Waals surface area contributed by atoms with E-state index in [0.717, 1.165) is 13.0 Å². The molecule has 0 bridgehead atoms. The van der Waals surface area contributed by atoms with Gasteiger partial charge >= 0.3 is 0 Å². The summed E-state index contributed by atoms with van der Waals surface area (Å²) < 4.78 is 0. The molecule has 0 spiro atoms. The van der Waals surface area contributed by atoms with Gasteiger partial charge in [0.15, 0.2) is 0 Å². The van der Waals surface area contributed by atoms with E-state index in [4.69, 9.17) is 0 Å². The first-order valence-electron chi connectivity index (χ1n) is 6.00. The minimum absolute atomic E-state index is 0.246. The third-order valence-electron chi connectivity index (χ3n) is 3.37. The minimum atomic E-state index is 0.246. The summed E-state index contributed by atoms with van der Waals surface area (Å²) in [5, 5.41) is 0. The molecule has 16 heavy (non-hydrogen) atoms. The van der Waals surface area contributed by atoms with Gasteiger partial charge in [-0.15, -0.1) is 0 Å². The molecule has 0 N–H and O–H groups in total. The van der Waals surface area contributed by atoms with Crippen molar-refractivity contribution in [1.29, 1.82) is 0 Å². The third-order valence-corrected chi connectivity index (χ3v) is 3.37. The Labute approximate surface area is 97.3 Å². The number of nitrogens with zero attached hydrogens (tertiary/aromatic N) is 1. The number of rotatable bonds is 3. The van der Waals surface area contributed by atoms with Crippen molar-refractivity contribution < 1.29 is 4.79 Å². The largest absolute Gasteiger partial charge is 0.369 e. The molecule has 0 aromatic heterocycles. The molecule has 1 heterocycles. The van der Waals surface area contributed by atoms with Gasteiger partial charge in [0, 0.05) is 24.7 Å². The zero-order valence-corrected chi connectivity index (χ0v) is 10.3. The average molecular weight is 217 g/mol. The Morgan fingerprint density at radius 2 is 2.25 bits per heavy atom. The van der Waals surface area contributed by atoms with Crippen LogP contribution in [0.5, 0.6) is 0 Å². The molecule has 1 unspecified atom stereocenters. The lowest BCUT2D eigenvalue weighted by molar-refractivity contribution is -0.116. The number of anilines is 1. The number of benzene rings is 1. The highest BCUT2D eigenvalue weighted by molar-refractivity contribution is 5.79. The molecule has 1 aromatic rings. The van der Waals surface area contributed by atoms with Crippen LogP contribution in [0.2, 0.25) is 0 Å². The fourth-order valence-electron chi connectivity index (χ4n) is 2.68. The summed E-state index contributed by atoms with van der Waals surface area (Å²) in [4.78, 5) is 13.6. The Morgan fingerprint density at radius 1 is 1.50 bits per heavy atom. The van der Waals surface area contributed by atoms with Crippen LogP contribution >= 0.6 is 0 Å². The summed E-state index contributed by atoms with van der Waals surface area (Å²) in [5.41, 5.74) is 3.92. The zero-order valence-electron chi connectivity index (χ0n) is 10.3. The predicted molar refractivity (Wildman–Crippen MR) is 67.0 cm³/mol. The standard InChI is InChI=1S/C14H19NO/c1-4-15-10(2)8-13-12(9-11(3)16)6-5-7-14(13)15/h5-7,10H,4,8-9H2,1-3H3. The highest BCUT2D eigenvalue weighted by atomic mass is 16.1. The van der Waals surface area contributed by atoms with Crippen LogP contribution < -0.4 is 4.90 Å². The van der Waals surface area contributed by atoms with Crippen LogP contribution in [0.15, 0.2) is 18.2 Å². The minimum Gasteiger partial charge on any atom is -0.369 e. The normalized spacial score (nSPS) is 18.7. The molecular formula is C14H19NO. The topological polar surface area (TPSA) is 20.3 Å². The first kappa shape index (κ1) is 11.2. The first-order valence-corrected chi connectivity index (χ1v) is 6.00. The Hall–Kier alpha value is -1.31. The Balaban J connectivity index is 2.39. The van der Waals surface area contributed by atoms with E-state index in [-0.39, 0.29) is 5.78 Å². The molecule has 0 aliphatic carbocycles. The fourth-order valence-corrected chi connectivity index (χ4v) is 2.68. The second-order valence-corrected chi connectivity index (χ2v) is 4.63. The van der Waals surface area contributed by atoms with Crippen molar-refractivity contribution in [3.63, 3.8) is 0 Å². The van der Waals surface area contributed by atoms with E-state index in [2.05, 4.69) is 36.9 Å². The van der Waals surface area contributed by atoms with Crippen molar-refractivity contribution in [3.8, 4) is 0 Å². The van der Waals surface area contributed by atoms with Crippen molar-refractivity contribution in [3.05, 3.63) is 29.3 Å². The van der Waals surface area contributed by atoms with Crippen LogP contribution in [0, 0.1) is 0 Å². The molecule has 2 nitrogen and oxygen atoms in total. The van der Waals surface area contributed by atoms with Gasteiger partial charge in [-0.3, -0.25) is 4.79 Å². The van der Waals surface area contributed by atoms with E-state index in [9.17, 15) is 4.79 Å². The predicted octanol–water partition coefficient (Wildman–Crippen LogP) is 2.59. The van der Waals surface area contributed by atoms with Gasteiger partial charge in [0.1, 0.15) is 5.78 Å². The van der Waals surface area contributed by atoms with Crippen LogP contribution in [0.25, 0.3) is 0 Å². The SMILES string of the molecule is CCN1c2cccc(CC(C)=O)c2CC1C. The highest BCUT2D eigenvalue weighted by Crippen LogP contribution is 2.34. The molecular weight excluding hydrogens is 198 g/mol. The molecule has 0 radical (unpaired) electrons. The molecule has 1 aliphatic rings. The molecule has 0 fully saturated rings. The smallest absolute Gasteiger partial charge is 0.134 e. The van der Waals surface area contributed by atoms with Gasteiger partial charge in [0.25, 0.3) is 0 Å². The summed E-state index contributed by atoms with van der Waals surface area (Å²) >= 11 is 0. The lowest BCUT2D eigenvalue weighted by Gasteiger charge is -2.22. The van der Waals surface area contributed by atoms with Crippen molar-refractivity contribution in [1.82, 2.24) is 0 Å². The maximum atomic E-state index is 11.2. The van der Waals surface area contributed by atoms with Crippen LogP contribution in [-0.2, 0) is 17.6 Å². The quantitative estimate of drug-likeness (QED) is 0.775. The van der Waals surface area contributed by atoms with Crippen molar-refractivity contribution >= 4 is 11.5 Å². The van der Waals surface area contributed by atoms with E-state index in [1.807, 2.05) is 0 Å². The molecule has 86 valence electrons. The van der Waals surface area contributed by atoms with Gasteiger partial charge in [-0.1, -0.05) is 12.1 Å². The average Bonchev–Trinajstić information content (AvgIpc) is 2.54. The molecule has 1 atom stereocenters. The summed E-state index contributed by atoms with van der Waals surface area (Å²) in [6.45, 7) is 7.14. The molecule has 0 saturated heterocycles. The van der Waals surface area contributed by atoms with E-state index >= 15 is 0 Å². The van der Waals surface area contributed by atoms with Crippen LogP contribution in [-0.4, -0.2) is 18.4 Å². The molecule has 0 saturated carbocycles. The van der Waals surface area contributed by atoms with Crippen molar-refractivity contribution in [2.75, 3.05) is 11.4 Å². The second kappa shape index (κ2) is 4.28. The molecule has 0 amide bonds. The number of carbonyl (C=O) groups is 1. The number of fused-ring (bicyclic) bond motifs is 1. The monoisotopic (exact) mass is 217 g/mol. The summed E-state index contributed by atoms with van der Waals surface area (Å²) in [6, 6.07) is 6.89. The van der Waals surface area contributed by atoms with E-state index in [1.165, 1.54) is 16.8 Å². The maximum absolute atomic E-state index is 11.2. The number of hydrogen-bond donors (Lipinski definition) is 0. The molecule has 1 aromatic carbocycles. The molecule has 2 heteroatoms. The van der Waals surface area contributed by atoms with Crippen LogP contribution in [0.1, 0.15) is 31.9 Å². The third kappa shape index (κ3) is 1.84. The summed E-state index contributed by atoms with van der Waals surface area (Å²) in [5.74, 6) is 0.246. The lowest BCUT2D eigenvalue weighted by atomic mass is 9.99. The Morgan fingerprint density at radius 3 is 2.88 bits per heavy atom. The summed E-state index contributed by atoms with van der Waals surface area (Å²) in [6.07, 6.45) is 1.65.